The van der Waals surface area contributed by atoms with Gasteiger partial charge in [0.15, 0.2) is 23.2 Å². The van der Waals surface area contributed by atoms with Crippen molar-refractivity contribution in [3.05, 3.63) is 53.3 Å². The number of imidazole rings is 1. The van der Waals surface area contributed by atoms with Gasteiger partial charge < -0.3 is 28.7 Å². The largest absolute Gasteiger partial charge is 0.513 e. The number of carbonyl (C=O) groups excluding carboxylic acids is 1. The molecule has 2 fully saturated rings. The lowest BCUT2D eigenvalue weighted by atomic mass is 10.1. The monoisotopic (exact) mass is 428 g/mol. The predicted octanol–water partition coefficient (Wildman–Crippen LogP) is 1.75. The number of nitrogens with zero attached hydrogens (tertiary/aromatic N) is 3. The topological polar surface area (TPSA) is 127 Å². The molecule has 2 aliphatic rings. The van der Waals surface area contributed by atoms with Crippen molar-refractivity contribution in [1.82, 2.24) is 19.5 Å². The number of hydrogen-bond donors (Lipinski definition) is 1. The van der Waals surface area contributed by atoms with Crippen molar-refractivity contribution in [2.24, 2.45) is 0 Å². The molecule has 3 aromatic rings. The number of nitrogens with one attached hydrogen (secondary N) is 1. The normalized spacial score (nSPS) is 26.6. The quantitative estimate of drug-likeness (QED) is 0.488. The molecule has 2 saturated heterocycles. The average molecular weight is 428 g/mol. The van der Waals surface area contributed by atoms with Crippen molar-refractivity contribution in [3.8, 4) is 5.75 Å². The van der Waals surface area contributed by atoms with Crippen LogP contribution in [0.4, 0.5) is 4.79 Å². The summed E-state index contributed by atoms with van der Waals surface area (Å²) in [6.07, 6.45) is -0.420. The van der Waals surface area contributed by atoms with Crippen LogP contribution < -0.4 is 10.3 Å². The summed E-state index contributed by atoms with van der Waals surface area (Å²) in [7, 11) is 0. The highest BCUT2D eigenvalue weighted by molar-refractivity contribution is 5.69. The molecule has 2 aromatic heterocycles. The van der Waals surface area contributed by atoms with Crippen molar-refractivity contribution in [2.45, 2.75) is 44.2 Å². The Morgan fingerprint density at radius 1 is 1.19 bits per heavy atom. The second kappa shape index (κ2) is 7.45. The molecular weight excluding hydrogens is 408 g/mol. The second-order valence-corrected chi connectivity index (χ2v) is 7.66. The van der Waals surface area contributed by atoms with Gasteiger partial charge in [0.25, 0.3) is 5.56 Å². The molecule has 4 heterocycles. The number of aromatic amines is 1. The van der Waals surface area contributed by atoms with Crippen LogP contribution in [0.5, 0.6) is 5.75 Å². The van der Waals surface area contributed by atoms with Crippen LogP contribution in [0.15, 0.2) is 47.8 Å². The van der Waals surface area contributed by atoms with E-state index in [1.54, 1.807) is 42.7 Å². The lowest BCUT2D eigenvalue weighted by molar-refractivity contribution is -0.200. The molecule has 1 N–H and O–H groups in total. The van der Waals surface area contributed by atoms with Gasteiger partial charge in [0.1, 0.15) is 30.7 Å². The lowest BCUT2D eigenvalue weighted by Gasteiger charge is -2.24. The Morgan fingerprint density at radius 2 is 1.97 bits per heavy atom. The predicted molar refractivity (Wildman–Crippen MR) is 104 cm³/mol. The standard InChI is InChI=1S/C20H20N4O7/c1-20(2)30-14-12(8-27-19(26)28-11-6-4-3-5-7-11)29-18(15(14)31-20)24-10-23-13-16(24)21-9-22-17(13)25/h3-7,9-10,12,14-15,18H,8H2,1-2H3,(H,21,22,25). The van der Waals surface area contributed by atoms with Crippen molar-refractivity contribution in [1.29, 1.82) is 0 Å². The smallest absolute Gasteiger partial charge is 0.431 e. The maximum absolute atomic E-state index is 12.1. The van der Waals surface area contributed by atoms with Crippen LogP contribution in [0.1, 0.15) is 20.1 Å². The number of H-pyrrole nitrogens is 1. The first-order valence-electron chi connectivity index (χ1n) is 9.72. The maximum atomic E-state index is 12.1. The number of para-hydroxylation sites is 1. The summed E-state index contributed by atoms with van der Waals surface area (Å²) in [4.78, 5) is 34.9. The van der Waals surface area contributed by atoms with Crippen molar-refractivity contribution >= 4 is 17.3 Å². The van der Waals surface area contributed by atoms with Gasteiger partial charge in [0, 0.05) is 0 Å². The van der Waals surface area contributed by atoms with Crippen molar-refractivity contribution in [2.75, 3.05) is 6.61 Å². The number of aromatic nitrogens is 4. The van der Waals surface area contributed by atoms with E-state index in [4.69, 9.17) is 23.7 Å². The van der Waals surface area contributed by atoms with Gasteiger partial charge in [-0.2, -0.15) is 0 Å². The fourth-order valence-corrected chi connectivity index (χ4v) is 3.83. The van der Waals surface area contributed by atoms with Gasteiger partial charge in [-0.05, 0) is 26.0 Å². The van der Waals surface area contributed by atoms with Gasteiger partial charge in [-0.1, -0.05) is 18.2 Å². The number of hydrogen-bond acceptors (Lipinski definition) is 9. The molecule has 0 saturated carbocycles. The average Bonchev–Trinajstić information content (AvgIpc) is 3.39. The Bertz CT molecular complexity index is 1160. The molecule has 11 nitrogen and oxygen atoms in total. The fourth-order valence-electron chi connectivity index (χ4n) is 3.83. The first-order valence-corrected chi connectivity index (χ1v) is 9.72. The highest BCUT2D eigenvalue weighted by Gasteiger charge is 2.56. The molecule has 2 aliphatic heterocycles. The summed E-state index contributed by atoms with van der Waals surface area (Å²) < 4.78 is 30.2. The van der Waals surface area contributed by atoms with Crippen LogP contribution in [-0.2, 0) is 18.9 Å². The highest BCUT2D eigenvalue weighted by atomic mass is 16.8. The zero-order valence-electron chi connectivity index (χ0n) is 16.8. The summed E-state index contributed by atoms with van der Waals surface area (Å²) in [6, 6.07) is 8.60. The van der Waals surface area contributed by atoms with E-state index in [1.165, 1.54) is 12.7 Å². The van der Waals surface area contributed by atoms with E-state index >= 15 is 0 Å². The zero-order valence-corrected chi connectivity index (χ0v) is 16.8. The van der Waals surface area contributed by atoms with E-state index in [0.717, 1.165) is 0 Å². The van der Waals surface area contributed by atoms with E-state index in [2.05, 4.69) is 15.0 Å². The Kier molecular flexibility index (Phi) is 4.73. The van der Waals surface area contributed by atoms with E-state index in [9.17, 15) is 9.59 Å². The van der Waals surface area contributed by atoms with Crippen LogP contribution >= 0.6 is 0 Å². The Balaban J connectivity index is 1.35. The minimum atomic E-state index is -0.860. The van der Waals surface area contributed by atoms with Crippen LogP contribution in [0.3, 0.4) is 0 Å². The lowest BCUT2D eigenvalue weighted by Crippen LogP contribution is -2.34. The third-order valence-electron chi connectivity index (χ3n) is 5.07. The molecule has 162 valence electrons. The summed E-state index contributed by atoms with van der Waals surface area (Å²) in [6.45, 7) is 3.47. The maximum Gasteiger partial charge on any atom is 0.513 e. The minimum Gasteiger partial charge on any atom is -0.431 e. The SMILES string of the molecule is CC1(C)OC2C(COC(=O)Oc3ccccc3)OC(n3cnc4c(=O)[nH]cnc43)C2O1. The molecular formula is C20H20N4O7. The van der Waals surface area contributed by atoms with Crippen molar-refractivity contribution in [3.63, 3.8) is 0 Å². The molecule has 4 atom stereocenters. The number of benzene rings is 1. The van der Waals surface area contributed by atoms with Crippen LogP contribution in [0.25, 0.3) is 11.2 Å². The molecule has 0 radical (unpaired) electrons. The van der Waals surface area contributed by atoms with Crippen LogP contribution in [0, 0.1) is 0 Å². The number of rotatable bonds is 4. The van der Waals surface area contributed by atoms with E-state index in [0.29, 0.717) is 11.4 Å². The first-order chi connectivity index (χ1) is 14.9. The Labute approximate surface area is 175 Å². The molecule has 31 heavy (non-hydrogen) atoms. The molecule has 11 heteroatoms. The molecule has 1 aromatic carbocycles. The van der Waals surface area contributed by atoms with Gasteiger partial charge in [-0.15, -0.1) is 0 Å². The van der Waals surface area contributed by atoms with Crippen LogP contribution in [0.2, 0.25) is 0 Å². The molecule has 0 amide bonds. The molecule has 4 unspecified atom stereocenters. The zero-order chi connectivity index (χ0) is 21.6. The molecule has 0 bridgehead atoms. The minimum absolute atomic E-state index is 0.108. The highest BCUT2D eigenvalue weighted by Crippen LogP contribution is 2.43. The third-order valence-corrected chi connectivity index (χ3v) is 5.07. The second-order valence-electron chi connectivity index (χ2n) is 7.66. The summed E-state index contributed by atoms with van der Waals surface area (Å²) in [5, 5.41) is 0. The Morgan fingerprint density at radius 3 is 2.77 bits per heavy atom. The fraction of sp³-hybridized carbons (Fsp3) is 0.400. The summed E-state index contributed by atoms with van der Waals surface area (Å²) in [5.74, 6) is -0.486. The van der Waals surface area contributed by atoms with Gasteiger partial charge in [0.2, 0.25) is 0 Å². The molecule has 5 rings (SSSR count). The number of carbonyl (C=O) groups is 1. The van der Waals surface area contributed by atoms with E-state index < -0.39 is 36.5 Å². The molecule has 0 spiro atoms. The van der Waals surface area contributed by atoms with Gasteiger partial charge in [0.05, 0.1) is 12.7 Å². The van der Waals surface area contributed by atoms with Gasteiger partial charge >= 0.3 is 6.16 Å². The third kappa shape index (κ3) is 3.67. The summed E-state index contributed by atoms with van der Waals surface area (Å²) in [5.41, 5.74) is 0.184. The first kappa shape index (κ1) is 19.7. The number of fused-ring (bicyclic) bond motifs is 2. The van der Waals surface area contributed by atoms with E-state index in [1.807, 2.05) is 6.07 Å². The summed E-state index contributed by atoms with van der Waals surface area (Å²) >= 11 is 0. The van der Waals surface area contributed by atoms with Crippen molar-refractivity contribution < 1.29 is 28.5 Å². The molecule has 0 aliphatic carbocycles. The van der Waals surface area contributed by atoms with Gasteiger partial charge in [-0.3, -0.25) is 9.36 Å². The number of ether oxygens (including phenoxy) is 5. The van der Waals surface area contributed by atoms with Crippen LogP contribution in [-0.4, -0.2) is 56.4 Å². The Hall–Kier alpha value is -3.28. The van der Waals surface area contributed by atoms with Gasteiger partial charge in [-0.25, -0.2) is 14.8 Å². The van der Waals surface area contributed by atoms with E-state index in [-0.39, 0.29) is 17.7 Å².